The van der Waals surface area contributed by atoms with E-state index in [1.807, 2.05) is 30.3 Å². The molecule has 25 heavy (non-hydrogen) atoms. The summed E-state index contributed by atoms with van der Waals surface area (Å²) >= 11 is 3.30. The number of halogens is 1. The molecule has 0 radical (unpaired) electrons. The van der Waals surface area contributed by atoms with Crippen LogP contribution in [0.4, 0.5) is 0 Å². The fraction of sp³-hybridized carbons (Fsp3) is 0. The number of rotatable bonds is 3. The van der Waals surface area contributed by atoms with E-state index < -0.39 is 5.91 Å². The summed E-state index contributed by atoms with van der Waals surface area (Å²) in [5, 5.41) is 0.994. The molecule has 0 aliphatic heterocycles. The van der Waals surface area contributed by atoms with Crippen LogP contribution < -0.4 is 10.9 Å². The van der Waals surface area contributed by atoms with Gasteiger partial charge in [-0.05, 0) is 36.4 Å². The predicted molar refractivity (Wildman–Crippen MR) is 101 cm³/mol. The summed E-state index contributed by atoms with van der Waals surface area (Å²) in [5.41, 5.74) is 6.82. The van der Waals surface area contributed by atoms with Crippen molar-refractivity contribution < 1.29 is 9.59 Å². The molecule has 2 N–H and O–H groups in total. The molecule has 0 unspecified atom stereocenters. The first kappa shape index (κ1) is 16.9. The molecule has 124 valence electrons. The van der Waals surface area contributed by atoms with Crippen molar-refractivity contribution in [3.05, 3.63) is 82.5 Å². The van der Waals surface area contributed by atoms with Crippen LogP contribution in [0.5, 0.6) is 0 Å². The lowest BCUT2D eigenvalue weighted by atomic mass is 10.1. The molecule has 1 aromatic heterocycles. The van der Waals surface area contributed by atoms with Crippen molar-refractivity contribution in [1.82, 2.24) is 15.8 Å². The average Bonchev–Trinajstić information content (AvgIpc) is 2.65. The summed E-state index contributed by atoms with van der Waals surface area (Å²) in [6, 6.07) is 16.4. The van der Waals surface area contributed by atoms with Crippen molar-refractivity contribution in [1.29, 1.82) is 0 Å². The van der Waals surface area contributed by atoms with Crippen molar-refractivity contribution in [3.63, 3.8) is 0 Å². The minimum Gasteiger partial charge on any atom is -0.268 e. The van der Waals surface area contributed by atoms with Crippen LogP contribution in [0, 0.1) is 0 Å². The number of amides is 2. The van der Waals surface area contributed by atoms with Crippen LogP contribution in [-0.2, 0) is 4.79 Å². The number of para-hydroxylation sites is 1. The minimum atomic E-state index is -0.432. The number of carbonyl (C=O) groups is 2. The molecule has 0 aliphatic rings. The number of pyridine rings is 1. The van der Waals surface area contributed by atoms with Gasteiger partial charge in [0.1, 0.15) is 0 Å². The van der Waals surface area contributed by atoms with Gasteiger partial charge in [0.25, 0.3) is 11.8 Å². The predicted octanol–water partition coefficient (Wildman–Crippen LogP) is 3.47. The Morgan fingerprint density at radius 1 is 0.960 bits per heavy atom. The number of hydrogen-bond acceptors (Lipinski definition) is 3. The van der Waals surface area contributed by atoms with E-state index in [0.717, 1.165) is 20.9 Å². The second-order valence-corrected chi connectivity index (χ2v) is 6.12. The molecule has 1 heterocycles. The Kier molecular flexibility index (Phi) is 5.20. The standard InChI is InChI=1S/C19H14BrN3O2/c20-16-9-6-15(7-10-16)19(25)23-22-17(24)11-8-14-4-1-3-13-5-2-12-21-18(13)14/h1-12H,(H,22,24)(H,23,25)/b11-8+. The van der Waals surface area contributed by atoms with E-state index in [1.54, 1.807) is 36.5 Å². The van der Waals surface area contributed by atoms with Crippen LogP contribution in [0.15, 0.2) is 71.3 Å². The number of benzene rings is 2. The van der Waals surface area contributed by atoms with Gasteiger partial charge >= 0.3 is 0 Å². The second kappa shape index (κ2) is 7.72. The smallest absolute Gasteiger partial charge is 0.268 e. The number of nitrogens with zero attached hydrogens (tertiary/aromatic N) is 1. The van der Waals surface area contributed by atoms with Gasteiger partial charge in [-0.1, -0.05) is 40.2 Å². The summed E-state index contributed by atoms with van der Waals surface area (Å²) in [6.07, 6.45) is 4.72. The van der Waals surface area contributed by atoms with E-state index in [0.29, 0.717) is 5.56 Å². The minimum absolute atomic E-state index is 0.388. The van der Waals surface area contributed by atoms with E-state index in [1.165, 1.54) is 6.08 Å². The van der Waals surface area contributed by atoms with Gasteiger partial charge in [0, 0.05) is 33.3 Å². The first-order chi connectivity index (χ1) is 12.1. The Balaban J connectivity index is 1.63. The highest BCUT2D eigenvalue weighted by Crippen LogP contribution is 2.17. The summed E-state index contributed by atoms with van der Waals surface area (Å²) in [4.78, 5) is 28.2. The molecule has 0 aliphatic carbocycles. The molecule has 0 saturated carbocycles. The Morgan fingerprint density at radius 2 is 1.72 bits per heavy atom. The lowest BCUT2D eigenvalue weighted by Crippen LogP contribution is -2.40. The lowest BCUT2D eigenvalue weighted by molar-refractivity contribution is -0.117. The molecular formula is C19H14BrN3O2. The van der Waals surface area contributed by atoms with E-state index in [4.69, 9.17) is 0 Å². The molecule has 0 bridgehead atoms. The highest BCUT2D eigenvalue weighted by Gasteiger charge is 2.05. The zero-order valence-corrected chi connectivity index (χ0v) is 14.7. The van der Waals surface area contributed by atoms with Gasteiger partial charge in [-0.2, -0.15) is 0 Å². The van der Waals surface area contributed by atoms with Gasteiger partial charge in [0.05, 0.1) is 5.52 Å². The van der Waals surface area contributed by atoms with Crippen LogP contribution in [0.3, 0.4) is 0 Å². The third-order valence-corrected chi connectivity index (χ3v) is 4.01. The van der Waals surface area contributed by atoms with E-state index in [9.17, 15) is 9.59 Å². The van der Waals surface area contributed by atoms with Crippen molar-refractivity contribution >= 4 is 44.7 Å². The fourth-order valence-corrected chi connectivity index (χ4v) is 2.53. The number of hydrazine groups is 1. The molecule has 3 rings (SSSR count). The van der Waals surface area contributed by atoms with Gasteiger partial charge in [-0.15, -0.1) is 0 Å². The van der Waals surface area contributed by atoms with Gasteiger partial charge in [0.2, 0.25) is 0 Å². The molecular weight excluding hydrogens is 382 g/mol. The van der Waals surface area contributed by atoms with Crippen LogP contribution in [0.25, 0.3) is 17.0 Å². The van der Waals surface area contributed by atoms with Crippen molar-refractivity contribution in [3.8, 4) is 0 Å². The molecule has 2 amide bonds. The molecule has 0 saturated heterocycles. The van der Waals surface area contributed by atoms with Gasteiger partial charge in [-0.3, -0.25) is 25.4 Å². The third-order valence-electron chi connectivity index (χ3n) is 3.48. The highest BCUT2D eigenvalue weighted by atomic mass is 79.9. The Hall–Kier alpha value is -2.99. The van der Waals surface area contributed by atoms with Crippen LogP contribution in [0.2, 0.25) is 0 Å². The van der Waals surface area contributed by atoms with Crippen LogP contribution in [0.1, 0.15) is 15.9 Å². The maximum Gasteiger partial charge on any atom is 0.269 e. The summed E-state index contributed by atoms with van der Waals surface area (Å²) in [5.74, 6) is -0.820. The first-order valence-electron chi connectivity index (χ1n) is 7.51. The van der Waals surface area contributed by atoms with Gasteiger partial charge < -0.3 is 0 Å². The largest absolute Gasteiger partial charge is 0.269 e. The molecule has 3 aromatic rings. The molecule has 0 atom stereocenters. The molecule has 0 spiro atoms. The number of hydrogen-bond donors (Lipinski definition) is 2. The maximum absolute atomic E-state index is 11.9. The second-order valence-electron chi connectivity index (χ2n) is 5.21. The van der Waals surface area contributed by atoms with Crippen molar-refractivity contribution in [2.45, 2.75) is 0 Å². The van der Waals surface area contributed by atoms with E-state index >= 15 is 0 Å². The first-order valence-corrected chi connectivity index (χ1v) is 8.30. The Bertz CT molecular complexity index is 947. The molecule has 0 fully saturated rings. The molecule has 5 nitrogen and oxygen atoms in total. The van der Waals surface area contributed by atoms with Gasteiger partial charge in [-0.25, -0.2) is 0 Å². The summed E-state index contributed by atoms with van der Waals surface area (Å²) < 4.78 is 0.875. The van der Waals surface area contributed by atoms with Crippen molar-refractivity contribution in [2.24, 2.45) is 0 Å². The quantitative estimate of drug-likeness (QED) is 0.526. The van der Waals surface area contributed by atoms with E-state index in [2.05, 4.69) is 31.8 Å². The molecule has 6 heteroatoms. The summed E-state index contributed by atoms with van der Waals surface area (Å²) in [7, 11) is 0. The van der Waals surface area contributed by atoms with E-state index in [-0.39, 0.29) is 5.91 Å². The fourth-order valence-electron chi connectivity index (χ4n) is 2.26. The third kappa shape index (κ3) is 4.30. The highest BCUT2D eigenvalue weighted by molar-refractivity contribution is 9.10. The lowest BCUT2D eigenvalue weighted by Gasteiger charge is -2.05. The van der Waals surface area contributed by atoms with Gasteiger partial charge in [0.15, 0.2) is 0 Å². The number of carbonyl (C=O) groups excluding carboxylic acids is 2. The maximum atomic E-state index is 11.9. The van der Waals surface area contributed by atoms with Crippen LogP contribution >= 0.6 is 15.9 Å². The Labute approximate surface area is 152 Å². The summed E-state index contributed by atoms with van der Waals surface area (Å²) in [6.45, 7) is 0. The van der Waals surface area contributed by atoms with Crippen LogP contribution in [-0.4, -0.2) is 16.8 Å². The number of nitrogens with one attached hydrogen (secondary N) is 2. The zero-order valence-electron chi connectivity index (χ0n) is 13.1. The number of aromatic nitrogens is 1. The normalized spacial score (nSPS) is 10.8. The SMILES string of the molecule is O=C(/C=C/c1cccc2cccnc12)NNC(=O)c1ccc(Br)cc1. The monoisotopic (exact) mass is 395 g/mol. The zero-order chi connectivity index (χ0) is 17.6. The number of fused-ring (bicyclic) bond motifs is 1. The average molecular weight is 396 g/mol. The molecule has 2 aromatic carbocycles. The Morgan fingerprint density at radius 3 is 2.52 bits per heavy atom. The van der Waals surface area contributed by atoms with Crippen molar-refractivity contribution in [2.75, 3.05) is 0 Å². The topological polar surface area (TPSA) is 71.1 Å².